The fourth-order valence-corrected chi connectivity index (χ4v) is 1.73. The number of hydrogen-bond donors (Lipinski definition) is 3. The summed E-state index contributed by atoms with van der Waals surface area (Å²) in [5.41, 5.74) is 3.14. The van der Waals surface area contributed by atoms with Crippen molar-refractivity contribution in [2.45, 2.75) is 20.3 Å². The molecule has 0 atom stereocenters. The zero-order chi connectivity index (χ0) is 12.7. The summed E-state index contributed by atoms with van der Waals surface area (Å²) in [5.74, 6) is -0.00654. The maximum absolute atomic E-state index is 11.6. The van der Waals surface area contributed by atoms with E-state index in [-0.39, 0.29) is 12.5 Å². The number of aliphatic hydroxyl groups is 1. The molecule has 1 aromatic rings. The number of rotatable bonds is 6. The maximum Gasteiger partial charge on any atom is 0.279 e. The van der Waals surface area contributed by atoms with Gasteiger partial charge in [-0.05, 0) is 37.1 Å². The average Bonchev–Trinajstić information content (AvgIpc) is 2.23. The molecular formula is C13H21N2O2+. The van der Waals surface area contributed by atoms with Crippen molar-refractivity contribution in [3.8, 4) is 0 Å². The van der Waals surface area contributed by atoms with Crippen LogP contribution >= 0.6 is 0 Å². The van der Waals surface area contributed by atoms with Crippen LogP contribution in [0.5, 0.6) is 0 Å². The molecule has 0 unspecified atom stereocenters. The molecule has 0 radical (unpaired) electrons. The number of benzene rings is 1. The molecule has 0 aliphatic heterocycles. The molecule has 94 valence electrons. The van der Waals surface area contributed by atoms with Gasteiger partial charge in [0.25, 0.3) is 5.91 Å². The van der Waals surface area contributed by atoms with Crippen molar-refractivity contribution in [2.75, 3.05) is 25.0 Å². The summed E-state index contributed by atoms with van der Waals surface area (Å²) >= 11 is 0. The highest BCUT2D eigenvalue weighted by molar-refractivity contribution is 5.91. The van der Waals surface area contributed by atoms with Gasteiger partial charge in [-0.2, -0.15) is 0 Å². The van der Waals surface area contributed by atoms with Crippen molar-refractivity contribution in [3.63, 3.8) is 0 Å². The van der Waals surface area contributed by atoms with Crippen molar-refractivity contribution in [3.05, 3.63) is 29.3 Å². The highest BCUT2D eigenvalue weighted by Gasteiger charge is 2.04. The number of anilines is 1. The van der Waals surface area contributed by atoms with Crippen molar-refractivity contribution in [1.82, 2.24) is 0 Å². The van der Waals surface area contributed by atoms with Crippen LogP contribution < -0.4 is 10.6 Å². The van der Waals surface area contributed by atoms with E-state index in [1.54, 1.807) is 0 Å². The third-order valence-electron chi connectivity index (χ3n) is 2.40. The van der Waals surface area contributed by atoms with Gasteiger partial charge in [0, 0.05) is 18.7 Å². The molecule has 0 aliphatic carbocycles. The van der Waals surface area contributed by atoms with Gasteiger partial charge in [-0.25, -0.2) is 0 Å². The lowest BCUT2D eigenvalue weighted by atomic mass is 10.1. The molecular weight excluding hydrogens is 216 g/mol. The number of nitrogens with two attached hydrogens (primary N) is 1. The second-order valence-corrected chi connectivity index (χ2v) is 4.28. The van der Waals surface area contributed by atoms with Gasteiger partial charge in [0.1, 0.15) is 0 Å². The summed E-state index contributed by atoms with van der Waals surface area (Å²) in [6, 6.07) is 5.99. The largest absolute Gasteiger partial charge is 0.396 e. The number of carbonyl (C=O) groups is 1. The van der Waals surface area contributed by atoms with Crippen LogP contribution in [-0.4, -0.2) is 30.7 Å². The molecule has 17 heavy (non-hydrogen) atoms. The van der Waals surface area contributed by atoms with E-state index in [2.05, 4.69) is 11.4 Å². The predicted molar refractivity (Wildman–Crippen MR) is 67.9 cm³/mol. The molecule has 0 heterocycles. The molecule has 0 saturated heterocycles. The van der Waals surface area contributed by atoms with E-state index < -0.39 is 0 Å². The highest BCUT2D eigenvalue weighted by atomic mass is 16.3. The first-order chi connectivity index (χ1) is 8.11. The van der Waals surface area contributed by atoms with Crippen molar-refractivity contribution in [2.24, 2.45) is 0 Å². The van der Waals surface area contributed by atoms with Crippen LogP contribution in [-0.2, 0) is 4.79 Å². The smallest absolute Gasteiger partial charge is 0.279 e. The molecule has 0 aliphatic rings. The van der Waals surface area contributed by atoms with Crippen molar-refractivity contribution >= 4 is 11.6 Å². The van der Waals surface area contributed by atoms with Gasteiger partial charge >= 0.3 is 0 Å². The van der Waals surface area contributed by atoms with E-state index >= 15 is 0 Å². The summed E-state index contributed by atoms with van der Waals surface area (Å²) < 4.78 is 0. The molecule has 1 rings (SSSR count). The van der Waals surface area contributed by atoms with Gasteiger partial charge in [-0.1, -0.05) is 6.07 Å². The summed E-state index contributed by atoms with van der Waals surface area (Å²) in [7, 11) is 0. The van der Waals surface area contributed by atoms with Gasteiger partial charge in [0.15, 0.2) is 6.54 Å². The zero-order valence-corrected chi connectivity index (χ0v) is 10.5. The lowest BCUT2D eigenvalue weighted by Gasteiger charge is -2.06. The SMILES string of the molecule is Cc1cc(C)cc(NC(=O)C[NH2+]CCCO)c1. The average molecular weight is 237 g/mol. The Morgan fingerprint density at radius 1 is 1.29 bits per heavy atom. The minimum Gasteiger partial charge on any atom is -0.396 e. The van der Waals surface area contributed by atoms with Crippen LogP contribution in [0.15, 0.2) is 18.2 Å². The number of quaternary nitrogens is 1. The molecule has 1 amide bonds. The highest BCUT2D eigenvalue weighted by Crippen LogP contribution is 2.13. The number of carbonyl (C=O) groups excluding carboxylic acids is 1. The van der Waals surface area contributed by atoms with Crippen LogP contribution in [0.2, 0.25) is 0 Å². The van der Waals surface area contributed by atoms with Crippen LogP contribution in [0.3, 0.4) is 0 Å². The monoisotopic (exact) mass is 237 g/mol. The Balaban J connectivity index is 2.39. The van der Waals surface area contributed by atoms with Crippen molar-refractivity contribution < 1.29 is 15.2 Å². The van der Waals surface area contributed by atoms with E-state index in [0.717, 1.165) is 29.8 Å². The molecule has 0 fully saturated rings. The number of nitrogens with one attached hydrogen (secondary N) is 1. The van der Waals surface area contributed by atoms with E-state index in [9.17, 15) is 4.79 Å². The Morgan fingerprint density at radius 3 is 2.53 bits per heavy atom. The molecule has 0 saturated carbocycles. The zero-order valence-electron chi connectivity index (χ0n) is 10.5. The molecule has 4 nitrogen and oxygen atoms in total. The van der Waals surface area contributed by atoms with Crippen LogP contribution in [0.25, 0.3) is 0 Å². The topological polar surface area (TPSA) is 65.9 Å². The first kappa shape index (κ1) is 13.7. The second kappa shape index (κ2) is 7.04. The number of aliphatic hydroxyl groups excluding tert-OH is 1. The standard InChI is InChI=1S/C13H20N2O2/c1-10-6-11(2)8-12(7-10)15-13(17)9-14-4-3-5-16/h6-8,14,16H,3-5,9H2,1-2H3,(H,15,17)/p+1. The van der Waals surface area contributed by atoms with Gasteiger partial charge in [-0.3, -0.25) is 4.79 Å². The number of aryl methyl sites for hydroxylation is 2. The molecule has 1 aromatic carbocycles. The quantitative estimate of drug-likeness (QED) is 0.618. The van der Waals surface area contributed by atoms with Gasteiger partial charge in [0.2, 0.25) is 0 Å². The third-order valence-corrected chi connectivity index (χ3v) is 2.40. The molecule has 4 N–H and O–H groups in total. The van der Waals surface area contributed by atoms with Crippen LogP contribution in [0, 0.1) is 13.8 Å². The molecule has 0 aromatic heterocycles. The predicted octanol–water partition coefficient (Wildman–Crippen LogP) is 0.188. The Morgan fingerprint density at radius 2 is 1.94 bits per heavy atom. The molecule has 0 bridgehead atoms. The van der Waals surface area contributed by atoms with Crippen LogP contribution in [0.1, 0.15) is 17.5 Å². The number of amides is 1. The fraction of sp³-hybridized carbons (Fsp3) is 0.462. The Labute approximate surface area is 102 Å². The summed E-state index contributed by atoms with van der Waals surface area (Å²) in [5, 5.41) is 13.4. The third kappa shape index (κ3) is 5.47. The molecule has 4 heteroatoms. The van der Waals surface area contributed by atoms with Gasteiger partial charge in [0.05, 0.1) is 6.54 Å². The van der Waals surface area contributed by atoms with Crippen LogP contribution in [0.4, 0.5) is 5.69 Å². The summed E-state index contributed by atoms with van der Waals surface area (Å²) in [4.78, 5) is 11.6. The Kier molecular flexibility index (Phi) is 5.66. The summed E-state index contributed by atoms with van der Waals surface area (Å²) in [6.07, 6.45) is 0.719. The van der Waals surface area contributed by atoms with Crippen molar-refractivity contribution in [1.29, 1.82) is 0 Å². The summed E-state index contributed by atoms with van der Waals surface area (Å²) in [6.45, 7) is 5.37. The van der Waals surface area contributed by atoms with E-state index in [1.165, 1.54) is 0 Å². The maximum atomic E-state index is 11.6. The lowest BCUT2D eigenvalue weighted by Crippen LogP contribution is -2.86. The first-order valence-corrected chi connectivity index (χ1v) is 5.92. The van der Waals surface area contributed by atoms with E-state index in [1.807, 2.05) is 31.3 Å². The minimum atomic E-state index is -0.00654. The Hall–Kier alpha value is -1.39. The second-order valence-electron chi connectivity index (χ2n) is 4.28. The van der Waals surface area contributed by atoms with E-state index in [4.69, 9.17) is 5.11 Å². The Bertz CT molecular complexity index is 357. The molecule has 0 spiro atoms. The minimum absolute atomic E-state index is 0.00654. The van der Waals surface area contributed by atoms with Gasteiger partial charge in [-0.15, -0.1) is 0 Å². The van der Waals surface area contributed by atoms with Gasteiger partial charge < -0.3 is 15.7 Å². The fourth-order valence-electron chi connectivity index (χ4n) is 1.73. The van der Waals surface area contributed by atoms with E-state index in [0.29, 0.717) is 6.54 Å². The lowest BCUT2D eigenvalue weighted by molar-refractivity contribution is -0.644. The first-order valence-electron chi connectivity index (χ1n) is 5.92. The normalized spacial score (nSPS) is 10.3. The number of hydrogen-bond acceptors (Lipinski definition) is 2.